The second kappa shape index (κ2) is 5.69. The maximum atomic E-state index is 3.50. The molecule has 0 aliphatic rings. The molecule has 0 radical (unpaired) electrons. The largest absolute Gasteiger partial charge is 0.0877 e. The minimum atomic E-state index is 0.560. The molecule has 0 atom stereocenters. The monoisotopic (exact) mass is 562 g/mol. The lowest BCUT2D eigenvalue weighted by molar-refractivity contribution is 1.30. The lowest BCUT2D eigenvalue weighted by atomic mass is 10.1. The van der Waals surface area contributed by atoms with Gasteiger partial charge in [-0.15, -0.1) is 0 Å². The SMILES string of the molecule is BrCc1cc(I)ccc1C(I)I. The predicted octanol–water partition coefficient (Wildman–Crippen LogP) is 5.05. The Morgan fingerprint density at radius 1 is 1.33 bits per heavy atom. The molecule has 0 spiro atoms. The van der Waals surface area contributed by atoms with Crippen molar-refractivity contribution in [2.24, 2.45) is 0 Å². The van der Waals surface area contributed by atoms with Crippen LogP contribution >= 0.6 is 83.7 Å². The Labute approximate surface area is 122 Å². The normalized spacial score (nSPS) is 10.8. The molecule has 0 amide bonds. The van der Waals surface area contributed by atoms with E-state index in [4.69, 9.17) is 0 Å². The quantitative estimate of drug-likeness (QED) is 0.350. The van der Waals surface area contributed by atoms with Crippen LogP contribution in [-0.2, 0) is 5.33 Å². The van der Waals surface area contributed by atoms with Gasteiger partial charge in [-0.3, -0.25) is 0 Å². The average Bonchev–Trinajstić information content (AvgIpc) is 2.03. The summed E-state index contributed by atoms with van der Waals surface area (Å²) < 4.78 is 1.86. The van der Waals surface area contributed by atoms with Crippen LogP contribution in [0, 0.1) is 3.57 Å². The van der Waals surface area contributed by atoms with Gasteiger partial charge in [0, 0.05) is 8.90 Å². The molecule has 0 aromatic heterocycles. The maximum Gasteiger partial charge on any atom is 0.0877 e. The van der Waals surface area contributed by atoms with E-state index in [0.29, 0.717) is 1.93 Å². The summed E-state index contributed by atoms with van der Waals surface area (Å²) in [6, 6.07) is 6.60. The highest BCUT2D eigenvalue weighted by Crippen LogP contribution is 2.34. The maximum absolute atomic E-state index is 3.50. The highest BCUT2D eigenvalue weighted by atomic mass is 127. The third-order valence-electron chi connectivity index (χ3n) is 1.48. The highest BCUT2D eigenvalue weighted by molar-refractivity contribution is 14.2. The average molecular weight is 563 g/mol. The van der Waals surface area contributed by atoms with Crippen molar-refractivity contribution >= 4 is 83.7 Å². The number of hydrogen-bond donors (Lipinski definition) is 0. The Kier molecular flexibility index (Phi) is 5.68. The van der Waals surface area contributed by atoms with Crippen LogP contribution < -0.4 is 0 Å². The molecule has 0 aliphatic carbocycles. The van der Waals surface area contributed by atoms with Gasteiger partial charge in [0.05, 0.1) is 1.93 Å². The molecule has 66 valence electrons. The van der Waals surface area contributed by atoms with Gasteiger partial charge in [0.1, 0.15) is 0 Å². The Hall–Kier alpha value is 1.89. The molecule has 1 rings (SSSR count). The molecule has 0 heterocycles. The molecule has 0 nitrogen and oxygen atoms in total. The summed E-state index contributed by atoms with van der Waals surface area (Å²) in [5.41, 5.74) is 2.82. The minimum absolute atomic E-state index is 0.560. The first-order chi connectivity index (χ1) is 5.65. The zero-order valence-corrected chi connectivity index (χ0v) is 14.1. The zero-order valence-electron chi connectivity index (χ0n) is 6.03. The standard InChI is InChI=1S/C8H6BrI3/c9-4-5-3-6(10)1-2-7(5)8(11)12/h1-3,8H,4H2. The summed E-state index contributed by atoms with van der Waals surface area (Å²) in [5.74, 6) is 0. The van der Waals surface area contributed by atoms with Gasteiger partial charge in [0.2, 0.25) is 0 Å². The van der Waals surface area contributed by atoms with E-state index in [1.165, 1.54) is 14.7 Å². The van der Waals surface area contributed by atoms with E-state index in [9.17, 15) is 0 Å². The molecule has 0 aliphatic heterocycles. The Morgan fingerprint density at radius 2 is 2.00 bits per heavy atom. The van der Waals surface area contributed by atoms with Crippen molar-refractivity contribution < 1.29 is 0 Å². The van der Waals surface area contributed by atoms with Gasteiger partial charge < -0.3 is 0 Å². The van der Waals surface area contributed by atoms with Crippen LogP contribution in [0.4, 0.5) is 0 Å². The molecule has 0 bridgehead atoms. The smallest absolute Gasteiger partial charge is 0.0876 e. The molecule has 12 heavy (non-hydrogen) atoms. The lowest BCUT2D eigenvalue weighted by Crippen LogP contribution is -1.90. The fraction of sp³-hybridized carbons (Fsp3) is 0.250. The van der Waals surface area contributed by atoms with E-state index < -0.39 is 0 Å². The number of rotatable bonds is 2. The summed E-state index contributed by atoms with van der Waals surface area (Å²) in [7, 11) is 0. The molecule has 0 saturated heterocycles. The minimum Gasteiger partial charge on any atom is -0.0876 e. The molecule has 1 aromatic rings. The Morgan fingerprint density at radius 3 is 2.50 bits per heavy atom. The van der Waals surface area contributed by atoms with Crippen molar-refractivity contribution in [3.05, 3.63) is 32.9 Å². The molecule has 0 saturated carbocycles. The second-order valence-corrected chi connectivity index (χ2v) is 8.96. The van der Waals surface area contributed by atoms with Crippen molar-refractivity contribution in [3.8, 4) is 0 Å². The summed E-state index contributed by atoms with van der Waals surface area (Å²) in [4.78, 5) is 0. The first kappa shape index (κ1) is 12.0. The van der Waals surface area contributed by atoms with Gasteiger partial charge in [-0.25, -0.2) is 0 Å². The predicted molar refractivity (Wildman–Crippen MR) is 82.6 cm³/mol. The van der Waals surface area contributed by atoms with Gasteiger partial charge in [-0.2, -0.15) is 0 Å². The van der Waals surface area contributed by atoms with Crippen LogP contribution in [0.25, 0.3) is 0 Å². The number of halogens is 4. The van der Waals surface area contributed by atoms with E-state index in [1.54, 1.807) is 0 Å². The van der Waals surface area contributed by atoms with Gasteiger partial charge in [-0.05, 0) is 45.9 Å². The van der Waals surface area contributed by atoms with Crippen LogP contribution in [0.5, 0.6) is 0 Å². The zero-order chi connectivity index (χ0) is 9.14. The van der Waals surface area contributed by atoms with Gasteiger partial charge >= 0.3 is 0 Å². The van der Waals surface area contributed by atoms with Crippen molar-refractivity contribution in [1.29, 1.82) is 0 Å². The molecular formula is C8H6BrI3. The van der Waals surface area contributed by atoms with Gasteiger partial charge in [-0.1, -0.05) is 67.2 Å². The first-order valence-corrected chi connectivity index (χ1v) is 7.96. The van der Waals surface area contributed by atoms with Crippen LogP contribution in [0.15, 0.2) is 18.2 Å². The summed E-state index contributed by atoms with van der Waals surface area (Å²) in [6.07, 6.45) is 0. The third-order valence-corrected chi connectivity index (χ3v) is 4.10. The number of alkyl halides is 3. The van der Waals surface area contributed by atoms with Crippen molar-refractivity contribution in [3.63, 3.8) is 0 Å². The van der Waals surface area contributed by atoms with E-state index in [2.05, 4.69) is 102 Å². The fourth-order valence-corrected chi connectivity index (χ4v) is 3.16. The first-order valence-electron chi connectivity index (χ1n) is 3.27. The molecule has 0 unspecified atom stereocenters. The van der Waals surface area contributed by atoms with Crippen LogP contribution in [0.3, 0.4) is 0 Å². The van der Waals surface area contributed by atoms with Gasteiger partial charge in [0.15, 0.2) is 0 Å². The van der Waals surface area contributed by atoms with Gasteiger partial charge in [0.25, 0.3) is 0 Å². The van der Waals surface area contributed by atoms with Crippen LogP contribution in [0.1, 0.15) is 13.1 Å². The molecule has 0 fully saturated rings. The van der Waals surface area contributed by atoms with E-state index in [-0.39, 0.29) is 0 Å². The Balaban J connectivity index is 3.11. The van der Waals surface area contributed by atoms with Crippen molar-refractivity contribution in [2.75, 3.05) is 0 Å². The van der Waals surface area contributed by atoms with Crippen molar-refractivity contribution in [1.82, 2.24) is 0 Å². The molecule has 0 N–H and O–H groups in total. The fourth-order valence-electron chi connectivity index (χ4n) is 0.903. The highest BCUT2D eigenvalue weighted by Gasteiger charge is 2.07. The summed E-state index contributed by atoms with van der Waals surface area (Å²) in [5, 5.41) is 0.946. The molecular weight excluding hydrogens is 557 g/mol. The van der Waals surface area contributed by atoms with Crippen molar-refractivity contribution in [2.45, 2.75) is 7.26 Å². The molecule has 1 aromatic carbocycles. The van der Waals surface area contributed by atoms with Crippen LogP contribution in [-0.4, -0.2) is 0 Å². The second-order valence-electron chi connectivity index (χ2n) is 2.28. The topological polar surface area (TPSA) is 0 Å². The number of hydrogen-bond acceptors (Lipinski definition) is 0. The van der Waals surface area contributed by atoms with E-state index >= 15 is 0 Å². The van der Waals surface area contributed by atoms with E-state index in [1.807, 2.05) is 0 Å². The lowest BCUT2D eigenvalue weighted by Gasteiger charge is -2.08. The Bertz CT molecular complexity index is 273. The third kappa shape index (κ3) is 3.23. The van der Waals surface area contributed by atoms with Crippen LogP contribution in [0.2, 0.25) is 0 Å². The van der Waals surface area contributed by atoms with E-state index in [0.717, 1.165) is 5.33 Å². The number of benzene rings is 1. The molecule has 4 heteroatoms. The summed E-state index contributed by atoms with van der Waals surface area (Å²) in [6.45, 7) is 0. The summed E-state index contributed by atoms with van der Waals surface area (Å²) >= 11 is 10.7.